The van der Waals surface area contributed by atoms with Crippen molar-refractivity contribution in [3.63, 3.8) is 0 Å². The highest BCUT2D eigenvalue weighted by Crippen LogP contribution is 2.23. The number of ether oxygens (including phenoxy) is 1. The molecule has 1 saturated heterocycles. The molecule has 0 spiro atoms. The maximum absolute atomic E-state index is 5.47. The third-order valence-electron chi connectivity index (χ3n) is 4.34. The number of nitrogens with one attached hydrogen (secondary N) is 1. The Balaban J connectivity index is 1.29. The van der Waals surface area contributed by atoms with E-state index in [1.165, 1.54) is 0 Å². The van der Waals surface area contributed by atoms with Crippen LogP contribution in [-0.2, 0) is 17.8 Å². The lowest BCUT2D eigenvalue weighted by atomic mass is 10.0. The number of aryl methyl sites for hydroxylation is 1. The second-order valence-corrected chi connectivity index (χ2v) is 6.19. The molecular formula is C16H20N6O. The van der Waals surface area contributed by atoms with E-state index in [9.17, 15) is 0 Å². The van der Waals surface area contributed by atoms with Crippen LogP contribution in [0, 0.1) is 12.8 Å². The van der Waals surface area contributed by atoms with E-state index in [0.29, 0.717) is 12.5 Å². The Morgan fingerprint density at radius 1 is 1.22 bits per heavy atom. The van der Waals surface area contributed by atoms with Crippen LogP contribution in [0.3, 0.4) is 0 Å². The second kappa shape index (κ2) is 6.08. The van der Waals surface area contributed by atoms with Gasteiger partial charge in [-0.05, 0) is 25.1 Å². The van der Waals surface area contributed by atoms with Gasteiger partial charge in [0.25, 0.3) is 0 Å². The molecule has 2 aromatic heterocycles. The number of fused-ring (bicyclic) bond motifs is 1. The van der Waals surface area contributed by atoms with Crippen molar-refractivity contribution in [2.75, 3.05) is 36.5 Å². The molecule has 0 unspecified atom stereocenters. The molecule has 2 aliphatic heterocycles. The number of anilines is 2. The van der Waals surface area contributed by atoms with Crippen LogP contribution in [0.4, 0.5) is 11.6 Å². The van der Waals surface area contributed by atoms with Gasteiger partial charge in [-0.1, -0.05) is 0 Å². The Morgan fingerprint density at radius 3 is 2.96 bits per heavy atom. The normalized spacial score (nSPS) is 17.5. The maximum Gasteiger partial charge on any atom is 0.151 e. The largest absolute Gasteiger partial charge is 0.376 e. The van der Waals surface area contributed by atoms with Crippen LogP contribution in [-0.4, -0.2) is 46.6 Å². The quantitative estimate of drug-likeness (QED) is 0.909. The summed E-state index contributed by atoms with van der Waals surface area (Å²) in [5.74, 6) is 2.38. The van der Waals surface area contributed by atoms with E-state index in [1.54, 1.807) is 0 Å². The second-order valence-electron chi connectivity index (χ2n) is 6.19. The highest BCUT2D eigenvalue weighted by atomic mass is 16.5. The molecule has 7 nitrogen and oxygen atoms in total. The van der Waals surface area contributed by atoms with Crippen molar-refractivity contribution in [3.8, 4) is 0 Å². The first-order valence-corrected chi connectivity index (χ1v) is 8.00. The van der Waals surface area contributed by atoms with Gasteiger partial charge in [-0.2, -0.15) is 10.2 Å². The fourth-order valence-corrected chi connectivity index (χ4v) is 2.92. The third-order valence-corrected chi connectivity index (χ3v) is 4.34. The Bertz CT molecular complexity index is 683. The SMILES string of the molecule is Cc1ccc(N2CC(CNc3cc4c(nn3)CCOC4)C2)nn1. The van der Waals surface area contributed by atoms with Crippen LogP contribution >= 0.6 is 0 Å². The molecule has 2 aromatic rings. The number of aromatic nitrogens is 4. The molecule has 1 fully saturated rings. The molecule has 0 saturated carbocycles. The highest BCUT2D eigenvalue weighted by molar-refractivity contribution is 5.42. The van der Waals surface area contributed by atoms with Gasteiger partial charge in [0, 0.05) is 37.5 Å². The van der Waals surface area contributed by atoms with Gasteiger partial charge in [-0.25, -0.2) is 0 Å². The summed E-state index contributed by atoms with van der Waals surface area (Å²) >= 11 is 0. The third kappa shape index (κ3) is 3.10. The lowest BCUT2D eigenvalue weighted by Crippen LogP contribution is -2.50. The number of rotatable bonds is 4. The molecule has 2 aliphatic rings. The van der Waals surface area contributed by atoms with Crippen molar-refractivity contribution in [3.05, 3.63) is 35.2 Å². The summed E-state index contributed by atoms with van der Waals surface area (Å²) in [6.45, 7) is 6.21. The van der Waals surface area contributed by atoms with E-state index < -0.39 is 0 Å². The predicted octanol–water partition coefficient (Wildman–Crippen LogP) is 1.20. The van der Waals surface area contributed by atoms with Gasteiger partial charge in [0.05, 0.1) is 24.6 Å². The minimum atomic E-state index is 0.590. The van der Waals surface area contributed by atoms with Crippen LogP contribution in [0.25, 0.3) is 0 Å². The molecule has 0 aromatic carbocycles. The van der Waals surface area contributed by atoms with E-state index in [4.69, 9.17) is 4.74 Å². The number of hydrogen-bond donors (Lipinski definition) is 1. The standard InChI is InChI=1S/C16H20N6O/c1-11-2-3-16(21-18-11)22-8-12(9-22)7-17-15-6-13-10-23-5-4-14(13)19-20-15/h2-3,6,12H,4-5,7-10H2,1H3,(H,17,20). The summed E-state index contributed by atoms with van der Waals surface area (Å²) in [6.07, 6.45) is 0.859. The van der Waals surface area contributed by atoms with E-state index >= 15 is 0 Å². The average molecular weight is 312 g/mol. The zero-order valence-corrected chi connectivity index (χ0v) is 13.2. The molecule has 1 N–H and O–H groups in total. The fourth-order valence-electron chi connectivity index (χ4n) is 2.92. The summed E-state index contributed by atoms with van der Waals surface area (Å²) in [6, 6.07) is 6.09. The fraction of sp³-hybridized carbons (Fsp3) is 0.500. The van der Waals surface area contributed by atoms with Gasteiger partial charge in [-0.15, -0.1) is 10.2 Å². The monoisotopic (exact) mass is 312 g/mol. The summed E-state index contributed by atoms with van der Waals surface area (Å²) < 4.78 is 5.47. The number of nitrogens with zero attached hydrogens (tertiary/aromatic N) is 5. The van der Waals surface area contributed by atoms with Crippen molar-refractivity contribution in [1.82, 2.24) is 20.4 Å². The van der Waals surface area contributed by atoms with E-state index in [-0.39, 0.29) is 0 Å². The van der Waals surface area contributed by atoms with E-state index in [2.05, 4.69) is 36.7 Å². The van der Waals surface area contributed by atoms with Crippen molar-refractivity contribution in [2.45, 2.75) is 20.0 Å². The van der Waals surface area contributed by atoms with Gasteiger partial charge in [-0.3, -0.25) is 0 Å². The lowest BCUT2D eigenvalue weighted by Gasteiger charge is -2.40. The Morgan fingerprint density at radius 2 is 2.13 bits per heavy atom. The Kier molecular flexibility index (Phi) is 3.78. The lowest BCUT2D eigenvalue weighted by molar-refractivity contribution is 0.109. The zero-order chi connectivity index (χ0) is 15.6. The van der Waals surface area contributed by atoms with E-state index in [1.807, 2.05) is 19.1 Å². The molecular weight excluding hydrogens is 292 g/mol. The molecule has 0 bridgehead atoms. The summed E-state index contributed by atoms with van der Waals surface area (Å²) in [5.41, 5.74) is 3.16. The Labute approximate surface area is 135 Å². The average Bonchev–Trinajstić information content (AvgIpc) is 2.55. The summed E-state index contributed by atoms with van der Waals surface area (Å²) in [5, 5.41) is 20.3. The Hall–Kier alpha value is -2.28. The van der Waals surface area contributed by atoms with Crippen molar-refractivity contribution < 1.29 is 4.74 Å². The van der Waals surface area contributed by atoms with Gasteiger partial charge in [0.15, 0.2) is 5.82 Å². The molecule has 0 radical (unpaired) electrons. The van der Waals surface area contributed by atoms with Gasteiger partial charge in [0.1, 0.15) is 5.82 Å². The van der Waals surface area contributed by atoms with Crippen LogP contribution in [0.2, 0.25) is 0 Å². The van der Waals surface area contributed by atoms with Crippen molar-refractivity contribution >= 4 is 11.6 Å². The minimum Gasteiger partial charge on any atom is -0.376 e. The minimum absolute atomic E-state index is 0.590. The van der Waals surface area contributed by atoms with Crippen molar-refractivity contribution in [2.24, 2.45) is 5.92 Å². The molecule has 120 valence electrons. The van der Waals surface area contributed by atoms with E-state index in [0.717, 1.165) is 61.2 Å². The van der Waals surface area contributed by atoms with Crippen LogP contribution < -0.4 is 10.2 Å². The van der Waals surface area contributed by atoms with Crippen LogP contribution in [0.5, 0.6) is 0 Å². The topological polar surface area (TPSA) is 76.1 Å². The smallest absolute Gasteiger partial charge is 0.151 e. The van der Waals surface area contributed by atoms with Gasteiger partial charge < -0.3 is 15.0 Å². The maximum atomic E-state index is 5.47. The van der Waals surface area contributed by atoms with Gasteiger partial charge >= 0.3 is 0 Å². The molecule has 4 heterocycles. The molecule has 23 heavy (non-hydrogen) atoms. The number of hydrogen-bond acceptors (Lipinski definition) is 7. The first-order chi connectivity index (χ1) is 11.3. The molecule has 4 rings (SSSR count). The van der Waals surface area contributed by atoms with Crippen LogP contribution in [0.1, 0.15) is 17.0 Å². The molecule has 7 heteroatoms. The van der Waals surface area contributed by atoms with Crippen molar-refractivity contribution in [1.29, 1.82) is 0 Å². The first kappa shape index (κ1) is 14.3. The highest BCUT2D eigenvalue weighted by Gasteiger charge is 2.27. The molecule has 0 amide bonds. The molecule has 0 aliphatic carbocycles. The zero-order valence-electron chi connectivity index (χ0n) is 13.2. The summed E-state index contributed by atoms with van der Waals surface area (Å²) in [4.78, 5) is 2.24. The van der Waals surface area contributed by atoms with Gasteiger partial charge in [0.2, 0.25) is 0 Å². The van der Waals surface area contributed by atoms with Crippen LogP contribution in [0.15, 0.2) is 18.2 Å². The predicted molar refractivity (Wildman–Crippen MR) is 86.4 cm³/mol. The molecule has 0 atom stereocenters. The summed E-state index contributed by atoms with van der Waals surface area (Å²) in [7, 11) is 0. The first-order valence-electron chi connectivity index (χ1n) is 8.00.